The summed E-state index contributed by atoms with van der Waals surface area (Å²) in [5.41, 5.74) is 1.33. The number of nitrogens with one attached hydrogen (secondary N) is 1. The minimum absolute atomic E-state index is 0.0588. The number of hydrogen-bond acceptors (Lipinski definition) is 7. The highest BCUT2D eigenvalue weighted by molar-refractivity contribution is 7.88. The Labute approximate surface area is 156 Å². The van der Waals surface area contributed by atoms with Gasteiger partial charge in [-0.3, -0.25) is 10.1 Å². The van der Waals surface area contributed by atoms with Crippen LogP contribution in [0.4, 0.5) is 10.8 Å². The van der Waals surface area contributed by atoms with Crippen LogP contribution in [0.1, 0.15) is 24.1 Å². The monoisotopic (exact) mass is 396 g/mol. The van der Waals surface area contributed by atoms with Crippen LogP contribution in [0.2, 0.25) is 0 Å². The number of rotatable bonds is 8. The van der Waals surface area contributed by atoms with Crippen molar-refractivity contribution in [3.8, 4) is 0 Å². The number of thiazole rings is 1. The molecule has 0 atom stereocenters. The summed E-state index contributed by atoms with van der Waals surface area (Å²) < 4.78 is 26.9. The third-order valence-electron chi connectivity index (χ3n) is 4.12. The molecule has 2 heterocycles. The van der Waals surface area contributed by atoms with Crippen LogP contribution in [-0.2, 0) is 22.2 Å². The first kappa shape index (κ1) is 18.7. The predicted octanol–water partition coefficient (Wildman–Crippen LogP) is 2.31. The van der Waals surface area contributed by atoms with Crippen LogP contribution in [0.5, 0.6) is 0 Å². The molecule has 0 bridgehead atoms. The van der Waals surface area contributed by atoms with Gasteiger partial charge in [0.25, 0.3) is 5.69 Å². The highest BCUT2D eigenvalue weighted by atomic mass is 32.2. The molecule has 10 heteroatoms. The zero-order chi connectivity index (χ0) is 18.6. The average Bonchev–Trinajstić information content (AvgIpc) is 3.26. The standard InChI is InChI=1S/C16H20N4O4S2/c21-20(22)15-5-3-13(4-6-15)12-26(23,24)17-8-7-14-11-25-16(18-14)19-9-1-2-10-19/h3-6,11,17H,1-2,7-10,12H2. The summed E-state index contributed by atoms with van der Waals surface area (Å²) in [6.07, 6.45) is 2.92. The van der Waals surface area contributed by atoms with Crippen molar-refractivity contribution in [1.82, 2.24) is 9.71 Å². The van der Waals surface area contributed by atoms with E-state index in [1.165, 1.54) is 37.1 Å². The van der Waals surface area contributed by atoms with Gasteiger partial charge >= 0.3 is 0 Å². The molecule has 1 N–H and O–H groups in total. The minimum Gasteiger partial charge on any atom is -0.348 e. The molecule has 0 amide bonds. The van der Waals surface area contributed by atoms with E-state index in [-0.39, 0.29) is 18.0 Å². The highest BCUT2D eigenvalue weighted by Gasteiger charge is 2.16. The zero-order valence-electron chi connectivity index (χ0n) is 14.1. The number of non-ortho nitro benzene ring substituents is 1. The lowest BCUT2D eigenvalue weighted by Gasteiger charge is -2.12. The van der Waals surface area contributed by atoms with Gasteiger partial charge in [-0.1, -0.05) is 12.1 Å². The van der Waals surface area contributed by atoms with Crippen molar-refractivity contribution in [2.24, 2.45) is 0 Å². The van der Waals surface area contributed by atoms with E-state index in [1.807, 2.05) is 5.38 Å². The molecule has 0 aliphatic carbocycles. The molecule has 1 aromatic heterocycles. The molecule has 2 aromatic rings. The van der Waals surface area contributed by atoms with Gasteiger partial charge in [-0.05, 0) is 18.4 Å². The molecule has 1 aliphatic heterocycles. The smallest absolute Gasteiger partial charge is 0.269 e. The fraction of sp³-hybridized carbons (Fsp3) is 0.438. The summed E-state index contributed by atoms with van der Waals surface area (Å²) in [5.74, 6) is -0.207. The maximum atomic E-state index is 12.2. The number of hydrogen-bond donors (Lipinski definition) is 1. The van der Waals surface area contributed by atoms with Crippen LogP contribution in [0.3, 0.4) is 0 Å². The van der Waals surface area contributed by atoms with Crippen molar-refractivity contribution in [2.45, 2.75) is 25.0 Å². The molecular formula is C16H20N4O4S2. The van der Waals surface area contributed by atoms with Crippen LogP contribution < -0.4 is 9.62 Å². The third kappa shape index (κ3) is 4.99. The number of nitro benzene ring substituents is 1. The molecule has 140 valence electrons. The summed E-state index contributed by atoms with van der Waals surface area (Å²) in [5, 5.41) is 13.6. The summed E-state index contributed by atoms with van der Waals surface area (Å²) in [4.78, 5) is 16.9. The van der Waals surface area contributed by atoms with E-state index in [0.717, 1.165) is 23.9 Å². The molecule has 0 radical (unpaired) electrons. The van der Waals surface area contributed by atoms with Crippen molar-refractivity contribution < 1.29 is 13.3 Å². The topological polar surface area (TPSA) is 105 Å². The Bertz CT molecular complexity index is 859. The van der Waals surface area contributed by atoms with E-state index in [1.54, 1.807) is 11.3 Å². The van der Waals surface area contributed by atoms with E-state index in [4.69, 9.17) is 0 Å². The van der Waals surface area contributed by atoms with Crippen molar-refractivity contribution >= 4 is 32.2 Å². The van der Waals surface area contributed by atoms with Crippen LogP contribution in [-0.4, -0.2) is 38.0 Å². The molecule has 0 unspecified atom stereocenters. The molecule has 3 rings (SSSR count). The lowest BCUT2D eigenvalue weighted by molar-refractivity contribution is -0.384. The second kappa shape index (κ2) is 8.11. The Balaban J connectivity index is 1.49. The predicted molar refractivity (Wildman–Crippen MR) is 101 cm³/mol. The van der Waals surface area contributed by atoms with Gasteiger partial charge in [0.05, 0.1) is 16.4 Å². The normalized spacial score (nSPS) is 14.7. The van der Waals surface area contributed by atoms with Gasteiger partial charge in [-0.25, -0.2) is 18.1 Å². The lowest BCUT2D eigenvalue weighted by atomic mass is 10.2. The van der Waals surface area contributed by atoms with Gasteiger partial charge < -0.3 is 4.90 Å². The quantitative estimate of drug-likeness (QED) is 0.542. The van der Waals surface area contributed by atoms with Crippen LogP contribution in [0, 0.1) is 10.1 Å². The number of nitrogens with zero attached hydrogens (tertiary/aromatic N) is 3. The highest BCUT2D eigenvalue weighted by Crippen LogP contribution is 2.24. The van der Waals surface area contributed by atoms with E-state index in [2.05, 4.69) is 14.6 Å². The SMILES string of the molecule is O=[N+]([O-])c1ccc(CS(=O)(=O)NCCc2csc(N3CCCC3)n2)cc1. The van der Waals surface area contributed by atoms with Crippen LogP contribution in [0.15, 0.2) is 29.6 Å². The second-order valence-corrected chi connectivity index (χ2v) is 8.79. The van der Waals surface area contributed by atoms with Gasteiger partial charge in [0, 0.05) is 43.6 Å². The van der Waals surface area contributed by atoms with Crippen LogP contribution in [0.25, 0.3) is 0 Å². The van der Waals surface area contributed by atoms with Crippen LogP contribution >= 0.6 is 11.3 Å². The van der Waals surface area contributed by atoms with E-state index >= 15 is 0 Å². The number of anilines is 1. The Morgan fingerprint density at radius 2 is 1.92 bits per heavy atom. The van der Waals surface area contributed by atoms with Gasteiger partial charge in [0.1, 0.15) is 0 Å². The van der Waals surface area contributed by atoms with Crippen molar-refractivity contribution in [3.05, 3.63) is 51.0 Å². The summed E-state index contributed by atoms with van der Waals surface area (Å²) in [6, 6.07) is 5.53. The third-order valence-corrected chi connectivity index (χ3v) is 6.43. The van der Waals surface area contributed by atoms with Gasteiger partial charge in [-0.2, -0.15) is 0 Å². The molecule has 1 fully saturated rings. The summed E-state index contributed by atoms with van der Waals surface area (Å²) >= 11 is 1.59. The first-order valence-electron chi connectivity index (χ1n) is 8.33. The zero-order valence-corrected chi connectivity index (χ0v) is 15.8. The van der Waals surface area contributed by atoms with Gasteiger partial charge in [0.2, 0.25) is 10.0 Å². The van der Waals surface area contributed by atoms with Gasteiger partial charge in [-0.15, -0.1) is 11.3 Å². The molecule has 0 saturated carbocycles. The molecular weight excluding hydrogens is 376 g/mol. The van der Waals surface area contributed by atoms with Crippen molar-refractivity contribution in [3.63, 3.8) is 0 Å². The van der Waals surface area contributed by atoms with E-state index in [9.17, 15) is 18.5 Å². The van der Waals surface area contributed by atoms with Crippen molar-refractivity contribution in [1.29, 1.82) is 0 Å². The lowest BCUT2D eigenvalue weighted by Crippen LogP contribution is -2.27. The molecule has 1 saturated heterocycles. The maximum absolute atomic E-state index is 12.2. The Kier molecular flexibility index (Phi) is 5.84. The number of benzene rings is 1. The fourth-order valence-corrected chi connectivity index (χ4v) is 4.84. The number of nitro groups is 1. The molecule has 1 aromatic carbocycles. The van der Waals surface area contributed by atoms with Gasteiger partial charge in [0.15, 0.2) is 5.13 Å². The Morgan fingerprint density at radius 1 is 1.23 bits per heavy atom. The van der Waals surface area contributed by atoms with Crippen molar-refractivity contribution in [2.75, 3.05) is 24.5 Å². The molecule has 26 heavy (non-hydrogen) atoms. The fourth-order valence-electron chi connectivity index (χ4n) is 2.78. The number of sulfonamides is 1. The Morgan fingerprint density at radius 3 is 2.58 bits per heavy atom. The summed E-state index contributed by atoms with van der Waals surface area (Å²) in [7, 11) is -3.50. The largest absolute Gasteiger partial charge is 0.348 e. The maximum Gasteiger partial charge on any atom is 0.269 e. The molecule has 8 nitrogen and oxygen atoms in total. The molecule has 0 spiro atoms. The first-order chi connectivity index (χ1) is 12.4. The van der Waals surface area contributed by atoms with E-state index in [0.29, 0.717) is 12.0 Å². The molecule has 1 aliphatic rings. The average molecular weight is 396 g/mol. The van der Waals surface area contributed by atoms with E-state index < -0.39 is 14.9 Å². The number of aromatic nitrogens is 1. The summed E-state index contributed by atoms with van der Waals surface area (Å²) in [6.45, 7) is 2.35. The first-order valence-corrected chi connectivity index (χ1v) is 10.9. The minimum atomic E-state index is -3.50. The second-order valence-electron chi connectivity index (χ2n) is 6.14. The Hall–Kier alpha value is -2.04.